The summed E-state index contributed by atoms with van der Waals surface area (Å²) in [6.07, 6.45) is 5.85. The Morgan fingerprint density at radius 3 is 2.61 bits per heavy atom. The van der Waals surface area contributed by atoms with Gasteiger partial charge >= 0.3 is 0 Å². The van der Waals surface area contributed by atoms with E-state index >= 15 is 0 Å². The maximum absolute atomic E-state index is 13.1. The first-order chi connectivity index (χ1) is 8.63. The Morgan fingerprint density at radius 2 is 2.00 bits per heavy atom. The van der Waals surface area contributed by atoms with Crippen LogP contribution < -0.4 is 0 Å². The van der Waals surface area contributed by atoms with E-state index in [1.807, 2.05) is 0 Å². The highest BCUT2D eigenvalue weighted by atomic mass is 35.5. The minimum absolute atomic E-state index is 0.0603. The molecule has 0 saturated heterocycles. The van der Waals surface area contributed by atoms with Crippen molar-refractivity contribution in [1.29, 1.82) is 0 Å². The Kier molecular flexibility index (Phi) is 3.31. The van der Waals surface area contributed by atoms with Crippen LogP contribution in [0.5, 0.6) is 0 Å². The standard InChI is InChI=1S/C15H17ClF2/c16-13(12-6-9-1-3-11(12)5-9)7-10-2-4-14(17)15(18)8-10/h2,4,8-9,11-13H,1,3,5-7H2. The first-order valence-electron chi connectivity index (χ1n) is 6.71. The quantitative estimate of drug-likeness (QED) is 0.707. The molecule has 4 unspecified atom stereocenters. The van der Waals surface area contributed by atoms with Gasteiger partial charge in [0.1, 0.15) is 0 Å². The van der Waals surface area contributed by atoms with Gasteiger partial charge in [-0.25, -0.2) is 8.78 Å². The van der Waals surface area contributed by atoms with Crippen molar-refractivity contribution < 1.29 is 8.78 Å². The molecule has 0 heterocycles. The van der Waals surface area contributed by atoms with E-state index in [0.717, 1.165) is 17.4 Å². The highest BCUT2D eigenvalue weighted by Gasteiger charge is 2.42. The molecule has 2 saturated carbocycles. The summed E-state index contributed by atoms with van der Waals surface area (Å²) in [5, 5.41) is 0.0603. The molecular formula is C15H17ClF2. The molecule has 0 nitrogen and oxygen atoms in total. The predicted molar refractivity (Wildman–Crippen MR) is 68.6 cm³/mol. The Hall–Kier alpha value is -0.630. The summed E-state index contributed by atoms with van der Waals surface area (Å²) in [6, 6.07) is 4.11. The fourth-order valence-corrected chi connectivity index (χ4v) is 4.27. The number of hydrogen-bond acceptors (Lipinski definition) is 0. The molecule has 1 aromatic rings. The van der Waals surface area contributed by atoms with Gasteiger partial charge in [-0.05, 0) is 61.1 Å². The molecule has 2 fully saturated rings. The van der Waals surface area contributed by atoms with Crippen molar-refractivity contribution in [1.82, 2.24) is 0 Å². The molecule has 2 aliphatic rings. The molecule has 98 valence electrons. The SMILES string of the molecule is Fc1ccc(CC(Cl)C2CC3CCC2C3)cc1F. The summed E-state index contributed by atoms with van der Waals surface area (Å²) in [5.74, 6) is 0.640. The van der Waals surface area contributed by atoms with E-state index in [1.54, 1.807) is 6.07 Å². The summed E-state index contributed by atoms with van der Waals surface area (Å²) >= 11 is 6.49. The summed E-state index contributed by atoms with van der Waals surface area (Å²) in [4.78, 5) is 0. The van der Waals surface area contributed by atoms with E-state index in [4.69, 9.17) is 11.6 Å². The van der Waals surface area contributed by atoms with Crippen LogP contribution >= 0.6 is 11.6 Å². The van der Waals surface area contributed by atoms with E-state index in [2.05, 4.69) is 0 Å². The zero-order valence-corrected chi connectivity index (χ0v) is 11.0. The predicted octanol–water partition coefficient (Wildman–Crippen LogP) is 4.55. The first-order valence-corrected chi connectivity index (χ1v) is 7.15. The molecule has 4 atom stereocenters. The van der Waals surface area contributed by atoms with Gasteiger partial charge in [0.25, 0.3) is 0 Å². The van der Waals surface area contributed by atoms with Crippen LogP contribution in [0.4, 0.5) is 8.78 Å². The number of benzene rings is 1. The Bertz CT molecular complexity index is 446. The van der Waals surface area contributed by atoms with Crippen LogP contribution in [-0.4, -0.2) is 5.38 Å². The maximum atomic E-state index is 13.1. The smallest absolute Gasteiger partial charge is 0.159 e. The largest absolute Gasteiger partial charge is 0.204 e. The number of alkyl halides is 1. The maximum Gasteiger partial charge on any atom is 0.159 e. The van der Waals surface area contributed by atoms with Crippen molar-refractivity contribution in [3.8, 4) is 0 Å². The van der Waals surface area contributed by atoms with Crippen LogP contribution in [0.15, 0.2) is 18.2 Å². The normalized spacial score (nSPS) is 31.8. The van der Waals surface area contributed by atoms with Crippen molar-refractivity contribution in [2.24, 2.45) is 17.8 Å². The zero-order valence-electron chi connectivity index (χ0n) is 10.2. The van der Waals surface area contributed by atoms with Gasteiger partial charge in [-0.15, -0.1) is 11.6 Å². The van der Waals surface area contributed by atoms with Crippen LogP contribution in [0, 0.1) is 29.4 Å². The molecule has 0 aromatic heterocycles. The van der Waals surface area contributed by atoms with Gasteiger partial charge in [0.15, 0.2) is 11.6 Å². The lowest BCUT2D eigenvalue weighted by molar-refractivity contribution is 0.319. The van der Waals surface area contributed by atoms with Gasteiger partial charge in [-0.1, -0.05) is 12.5 Å². The molecule has 3 rings (SSSR count). The first kappa shape index (κ1) is 12.4. The second-order valence-electron chi connectivity index (χ2n) is 5.81. The third kappa shape index (κ3) is 2.27. The Morgan fingerprint density at radius 1 is 1.17 bits per heavy atom. The molecule has 18 heavy (non-hydrogen) atoms. The molecule has 3 heteroatoms. The highest BCUT2D eigenvalue weighted by molar-refractivity contribution is 6.21. The fraction of sp³-hybridized carbons (Fsp3) is 0.600. The summed E-state index contributed by atoms with van der Waals surface area (Å²) in [6.45, 7) is 0. The lowest BCUT2D eigenvalue weighted by atomic mass is 9.84. The van der Waals surface area contributed by atoms with Crippen LogP contribution in [0.25, 0.3) is 0 Å². The van der Waals surface area contributed by atoms with Crippen molar-refractivity contribution in [3.63, 3.8) is 0 Å². The highest BCUT2D eigenvalue weighted by Crippen LogP contribution is 2.50. The average Bonchev–Trinajstić information content (AvgIpc) is 2.96. The molecule has 0 spiro atoms. The van der Waals surface area contributed by atoms with Gasteiger partial charge in [0.2, 0.25) is 0 Å². The second-order valence-corrected chi connectivity index (χ2v) is 6.37. The third-order valence-electron chi connectivity index (χ3n) is 4.67. The average molecular weight is 271 g/mol. The molecule has 0 radical (unpaired) electrons. The van der Waals surface area contributed by atoms with Crippen LogP contribution in [0.2, 0.25) is 0 Å². The van der Waals surface area contributed by atoms with Gasteiger partial charge in [-0.2, -0.15) is 0 Å². The summed E-state index contributed by atoms with van der Waals surface area (Å²) in [5.41, 5.74) is 0.802. The molecule has 0 amide bonds. The van der Waals surface area contributed by atoms with Crippen LogP contribution in [-0.2, 0) is 6.42 Å². The van der Waals surface area contributed by atoms with Gasteiger partial charge in [0, 0.05) is 5.38 Å². The lowest BCUT2D eigenvalue weighted by Gasteiger charge is -2.26. The molecular weight excluding hydrogens is 254 g/mol. The second kappa shape index (κ2) is 4.80. The van der Waals surface area contributed by atoms with Gasteiger partial charge in [0.05, 0.1) is 0 Å². The molecule has 0 aliphatic heterocycles. The summed E-state index contributed by atoms with van der Waals surface area (Å²) in [7, 11) is 0. The number of hydrogen-bond donors (Lipinski definition) is 0. The van der Waals surface area contributed by atoms with E-state index in [1.165, 1.54) is 37.8 Å². The van der Waals surface area contributed by atoms with Crippen LogP contribution in [0.1, 0.15) is 31.2 Å². The number of halogens is 3. The van der Waals surface area contributed by atoms with Crippen molar-refractivity contribution in [2.75, 3.05) is 0 Å². The van der Waals surface area contributed by atoms with E-state index in [-0.39, 0.29) is 5.38 Å². The Balaban J connectivity index is 1.67. The van der Waals surface area contributed by atoms with E-state index in [0.29, 0.717) is 12.3 Å². The fourth-order valence-electron chi connectivity index (χ4n) is 3.78. The third-order valence-corrected chi connectivity index (χ3v) is 5.15. The number of rotatable bonds is 3. The monoisotopic (exact) mass is 270 g/mol. The van der Waals surface area contributed by atoms with E-state index in [9.17, 15) is 8.78 Å². The minimum Gasteiger partial charge on any atom is -0.204 e. The van der Waals surface area contributed by atoms with Crippen molar-refractivity contribution in [2.45, 2.75) is 37.5 Å². The Labute approximate surface area is 111 Å². The molecule has 2 aliphatic carbocycles. The summed E-state index contributed by atoms with van der Waals surface area (Å²) < 4.78 is 26.0. The van der Waals surface area contributed by atoms with Gasteiger partial charge < -0.3 is 0 Å². The zero-order chi connectivity index (χ0) is 12.7. The van der Waals surface area contributed by atoms with Gasteiger partial charge in [-0.3, -0.25) is 0 Å². The molecule has 2 bridgehead atoms. The van der Waals surface area contributed by atoms with Crippen LogP contribution in [0.3, 0.4) is 0 Å². The number of fused-ring (bicyclic) bond motifs is 2. The topological polar surface area (TPSA) is 0 Å². The lowest BCUT2D eigenvalue weighted by Crippen LogP contribution is -2.23. The van der Waals surface area contributed by atoms with E-state index < -0.39 is 11.6 Å². The molecule has 1 aromatic carbocycles. The minimum atomic E-state index is -0.787. The van der Waals surface area contributed by atoms with Crippen molar-refractivity contribution in [3.05, 3.63) is 35.4 Å². The van der Waals surface area contributed by atoms with Crippen molar-refractivity contribution >= 4 is 11.6 Å². The molecule has 0 N–H and O–H groups in total.